The quantitative estimate of drug-likeness (QED) is 0.236. The number of hydrogen-bond donors (Lipinski definition) is 0. The second kappa shape index (κ2) is 8.09. The van der Waals surface area contributed by atoms with Gasteiger partial charge in [-0.25, -0.2) is 0 Å². The van der Waals surface area contributed by atoms with Gasteiger partial charge < -0.3 is 9.13 Å². The van der Waals surface area contributed by atoms with Crippen molar-refractivity contribution in [1.29, 1.82) is 0 Å². The van der Waals surface area contributed by atoms with Gasteiger partial charge in [-0.1, -0.05) is 115 Å². The lowest BCUT2D eigenvalue weighted by molar-refractivity contribution is 0.346. The van der Waals surface area contributed by atoms with Crippen LogP contribution in [-0.2, 0) is 5.66 Å². The third-order valence-corrected chi connectivity index (χ3v) is 8.19. The number of benzene rings is 5. The van der Waals surface area contributed by atoms with Gasteiger partial charge >= 0.3 is 0 Å². The molecule has 0 unspecified atom stereocenters. The van der Waals surface area contributed by atoms with Gasteiger partial charge in [0, 0.05) is 28.0 Å². The van der Waals surface area contributed by atoms with E-state index in [1.54, 1.807) is 0 Å². The molecule has 2 aromatic heterocycles. The van der Waals surface area contributed by atoms with Crippen LogP contribution in [0, 0.1) is 0 Å². The Hall–Kier alpha value is -4.82. The molecule has 180 valence electrons. The molecule has 0 atom stereocenters. The maximum Gasteiger partial charge on any atom is 0.145 e. The first-order valence-electron chi connectivity index (χ1n) is 13.3. The fourth-order valence-corrected chi connectivity index (χ4v) is 6.58. The molecule has 2 heteroatoms. The Morgan fingerprint density at radius 1 is 0.447 bits per heavy atom. The van der Waals surface area contributed by atoms with Crippen LogP contribution in [-0.4, -0.2) is 9.13 Å². The second-order valence-electron chi connectivity index (χ2n) is 10.2. The van der Waals surface area contributed by atoms with Crippen molar-refractivity contribution in [3.05, 3.63) is 151 Å². The van der Waals surface area contributed by atoms with Crippen molar-refractivity contribution in [3.63, 3.8) is 0 Å². The summed E-state index contributed by atoms with van der Waals surface area (Å²) in [5, 5.41) is 5.15. The Labute approximate surface area is 221 Å². The van der Waals surface area contributed by atoms with E-state index >= 15 is 0 Å². The fourth-order valence-electron chi connectivity index (χ4n) is 6.58. The predicted molar refractivity (Wildman–Crippen MR) is 160 cm³/mol. The predicted octanol–water partition coefficient (Wildman–Crippen LogP) is 9.15. The minimum Gasteiger partial charge on any atom is -0.313 e. The fraction of sp³-hybridized carbons (Fsp3) is 0.0556. The summed E-state index contributed by atoms with van der Waals surface area (Å²) < 4.78 is 5.15. The van der Waals surface area contributed by atoms with Crippen LogP contribution in [0.25, 0.3) is 49.2 Å². The molecule has 0 bridgehead atoms. The number of allylic oxidation sites excluding steroid dienone is 4. The van der Waals surface area contributed by atoms with E-state index in [1.165, 1.54) is 54.7 Å². The molecule has 1 aliphatic rings. The van der Waals surface area contributed by atoms with Crippen LogP contribution in [0.4, 0.5) is 0 Å². The van der Waals surface area contributed by atoms with Crippen molar-refractivity contribution in [2.45, 2.75) is 12.1 Å². The van der Waals surface area contributed by atoms with E-state index in [4.69, 9.17) is 0 Å². The molecule has 0 saturated heterocycles. The molecule has 38 heavy (non-hydrogen) atoms. The number of hydrogen-bond acceptors (Lipinski definition) is 0. The standard InChI is InChI=1S/C36H26N2/c1-2-12-26(13-3-1)27-22-24-36(25-23-27,37-32-18-8-4-14-28(32)29-15-5-9-19-33(29)37)38-34-20-10-6-16-30(34)31-17-7-11-21-35(31)38/h1-24H,25H2. The molecular formula is C36H26N2. The van der Waals surface area contributed by atoms with Gasteiger partial charge in [-0.2, -0.15) is 0 Å². The lowest BCUT2D eigenvalue weighted by atomic mass is 9.91. The highest BCUT2D eigenvalue weighted by molar-refractivity contribution is 6.10. The van der Waals surface area contributed by atoms with Crippen molar-refractivity contribution >= 4 is 49.2 Å². The first kappa shape index (κ1) is 21.3. The van der Waals surface area contributed by atoms with E-state index in [2.05, 4.69) is 155 Å². The molecule has 1 aliphatic carbocycles. The van der Waals surface area contributed by atoms with Gasteiger partial charge in [-0.15, -0.1) is 0 Å². The number of fused-ring (bicyclic) bond motifs is 6. The third-order valence-electron chi connectivity index (χ3n) is 8.19. The Balaban J connectivity index is 1.52. The second-order valence-corrected chi connectivity index (χ2v) is 10.2. The van der Waals surface area contributed by atoms with E-state index in [9.17, 15) is 0 Å². The molecule has 0 N–H and O–H groups in total. The zero-order valence-electron chi connectivity index (χ0n) is 21.0. The molecule has 0 spiro atoms. The third kappa shape index (κ3) is 2.89. The topological polar surface area (TPSA) is 9.86 Å². The molecular weight excluding hydrogens is 460 g/mol. The smallest absolute Gasteiger partial charge is 0.145 e. The number of rotatable bonds is 3. The van der Waals surface area contributed by atoms with Gasteiger partial charge in [-0.3, -0.25) is 0 Å². The van der Waals surface area contributed by atoms with Crippen molar-refractivity contribution in [3.8, 4) is 0 Å². The van der Waals surface area contributed by atoms with Gasteiger partial charge in [0.05, 0.1) is 22.1 Å². The number of para-hydroxylation sites is 4. The summed E-state index contributed by atoms with van der Waals surface area (Å²) in [5.41, 5.74) is 7.04. The first-order chi connectivity index (χ1) is 18.9. The van der Waals surface area contributed by atoms with Gasteiger partial charge in [0.25, 0.3) is 0 Å². The SMILES string of the molecule is C1=CC(n2c3ccccc3c3ccccc32)(n2c3ccccc3c3ccccc32)CC=C1c1ccccc1. The first-order valence-corrected chi connectivity index (χ1v) is 13.3. The van der Waals surface area contributed by atoms with Gasteiger partial charge in [0.2, 0.25) is 0 Å². The van der Waals surface area contributed by atoms with Crippen LogP contribution >= 0.6 is 0 Å². The van der Waals surface area contributed by atoms with E-state index in [0.717, 1.165) is 6.42 Å². The minimum absolute atomic E-state index is 0.469. The van der Waals surface area contributed by atoms with Crippen LogP contribution in [0.5, 0.6) is 0 Å². The molecule has 0 radical (unpaired) electrons. The van der Waals surface area contributed by atoms with Crippen LogP contribution in [0.2, 0.25) is 0 Å². The number of aromatic nitrogens is 2. The largest absolute Gasteiger partial charge is 0.313 e. The van der Waals surface area contributed by atoms with E-state index in [-0.39, 0.29) is 0 Å². The summed E-state index contributed by atoms with van der Waals surface area (Å²) in [6.45, 7) is 0. The Morgan fingerprint density at radius 3 is 1.24 bits per heavy atom. The van der Waals surface area contributed by atoms with E-state index in [1.807, 2.05) is 0 Å². The average molecular weight is 487 g/mol. The Morgan fingerprint density at radius 2 is 0.842 bits per heavy atom. The summed E-state index contributed by atoms with van der Waals surface area (Å²) in [6.07, 6.45) is 8.01. The number of nitrogens with zero attached hydrogens (tertiary/aromatic N) is 2. The van der Waals surface area contributed by atoms with E-state index < -0.39 is 5.66 Å². The molecule has 8 rings (SSSR count). The molecule has 0 aliphatic heterocycles. The van der Waals surface area contributed by atoms with Crippen LogP contribution in [0.3, 0.4) is 0 Å². The molecule has 2 heterocycles. The van der Waals surface area contributed by atoms with Crippen LogP contribution in [0.1, 0.15) is 12.0 Å². The normalized spacial score (nSPS) is 15.0. The Bertz CT molecular complexity index is 1830. The van der Waals surface area contributed by atoms with Crippen molar-refractivity contribution in [1.82, 2.24) is 9.13 Å². The summed E-state index contributed by atoms with van der Waals surface area (Å²) in [6, 6.07) is 46.1. The summed E-state index contributed by atoms with van der Waals surface area (Å²) in [4.78, 5) is 0. The summed E-state index contributed by atoms with van der Waals surface area (Å²) in [7, 11) is 0. The summed E-state index contributed by atoms with van der Waals surface area (Å²) in [5.74, 6) is 0. The van der Waals surface area contributed by atoms with Crippen LogP contribution < -0.4 is 0 Å². The molecule has 0 saturated carbocycles. The highest BCUT2D eigenvalue weighted by Gasteiger charge is 2.37. The zero-order chi connectivity index (χ0) is 25.1. The van der Waals surface area contributed by atoms with Crippen molar-refractivity contribution < 1.29 is 0 Å². The highest BCUT2D eigenvalue weighted by atomic mass is 15.3. The maximum atomic E-state index is 2.57. The average Bonchev–Trinajstić information content (AvgIpc) is 3.52. The lowest BCUT2D eigenvalue weighted by Crippen LogP contribution is -2.39. The zero-order valence-corrected chi connectivity index (χ0v) is 21.0. The van der Waals surface area contributed by atoms with Gasteiger partial charge in [0.15, 0.2) is 0 Å². The Kier molecular flexibility index (Phi) is 4.53. The summed E-state index contributed by atoms with van der Waals surface area (Å²) >= 11 is 0. The highest BCUT2D eigenvalue weighted by Crippen LogP contribution is 2.45. The van der Waals surface area contributed by atoms with Crippen molar-refractivity contribution in [2.24, 2.45) is 0 Å². The molecule has 0 amide bonds. The molecule has 7 aromatic rings. The van der Waals surface area contributed by atoms with E-state index in [0.29, 0.717) is 0 Å². The maximum absolute atomic E-state index is 2.57. The van der Waals surface area contributed by atoms with Crippen LogP contribution in [0.15, 0.2) is 146 Å². The lowest BCUT2D eigenvalue weighted by Gasteiger charge is -2.39. The van der Waals surface area contributed by atoms with Gasteiger partial charge in [0.1, 0.15) is 5.66 Å². The van der Waals surface area contributed by atoms with Gasteiger partial charge in [-0.05, 0) is 41.5 Å². The minimum atomic E-state index is -0.469. The molecule has 0 fully saturated rings. The molecule has 5 aromatic carbocycles. The molecule has 2 nitrogen and oxygen atoms in total. The monoisotopic (exact) mass is 486 g/mol. The van der Waals surface area contributed by atoms with Crippen molar-refractivity contribution in [2.75, 3.05) is 0 Å².